The van der Waals surface area contributed by atoms with Crippen LogP contribution in [0.25, 0.3) is 0 Å². The second-order valence-electron chi connectivity index (χ2n) is 3.19. The zero-order valence-electron chi connectivity index (χ0n) is 8.34. The lowest BCUT2D eigenvalue weighted by Gasteiger charge is -2.04. The van der Waals surface area contributed by atoms with E-state index in [1.165, 1.54) is 24.5 Å². The lowest BCUT2D eigenvalue weighted by atomic mass is 10.2. The van der Waals surface area contributed by atoms with Crippen molar-refractivity contribution in [2.24, 2.45) is 0 Å². The summed E-state index contributed by atoms with van der Waals surface area (Å²) in [6.07, 6.45) is 1.30. The molecule has 0 bridgehead atoms. The van der Waals surface area contributed by atoms with E-state index in [9.17, 15) is 9.18 Å². The van der Waals surface area contributed by atoms with Crippen molar-refractivity contribution in [1.82, 2.24) is 0 Å². The van der Waals surface area contributed by atoms with Crippen molar-refractivity contribution in [3.8, 4) is 0 Å². The van der Waals surface area contributed by atoms with Gasteiger partial charge in [0, 0.05) is 5.69 Å². The number of amides is 1. The fraction of sp³-hybridized carbons (Fsp3) is 0. The molecule has 0 fully saturated rings. The van der Waals surface area contributed by atoms with Gasteiger partial charge in [-0.1, -0.05) is 11.6 Å². The lowest BCUT2D eigenvalue weighted by molar-refractivity contribution is 0.102. The van der Waals surface area contributed by atoms with Crippen molar-refractivity contribution in [3.05, 3.63) is 52.2 Å². The van der Waals surface area contributed by atoms with Crippen molar-refractivity contribution in [2.75, 3.05) is 5.32 Å². The van der Waals surface area contributed by atoms with E-state index in [0.717, 1.165) is 6.07 Å². The molecule has 0 radical (unpaired) electrons. The standard InChI is InChI=1S/C11H6Cl2FNO2/c12-8-5-6(1-2-9(8)14)15-11(16)7-3-4-17-10(7)13/h1-5H,(H,15,16). The van der Waals surface area contributed by atoms with Crippen LogP contribution in [-0.4, -0.2) is 5.91 Å². The number of halogens is 3. The van der Waals surface area contributed by atoms with Crippen LogP contribution in [0.4, 0.5) is 10.1 Å². The lowest BCUT2D eigenvalue weighted by Crippen LogP contribution is -2.11. The number of furan rings is 1. The Morgan fingerprint density at radius 3 is 2.65 bits per heavy atom. The van der Waals surface area contributed by atoms with Crippen LogP contribution in [0, 0.1) is 5.82 Å². The van der Waals surface area contributed by atoms with Gasteiger partial charge >= 0.3 is 0 Å². The van der Waals surface area contributed by atoms with Crippen LogP contribution in [0.1, 0.15) is 10.4 Å². The Labute approximate surface area is 106 Å². The highest BCUT2D eigenvalue weighted by Crippen LogP contribution is 2.22. The van der Waals surface area contributed by atoms with Crippen LogP contribution in [0.15, 0.2) is 34.9 Å². The van der Waals surface area contributed by atoms with Crippen molar-refractivity contribution < 1.29 is 13.6 Å². The van der Waals surface area contributed by atoms with Gasteiger partial charge in [0.15, 0.2) is 0 Å². The number of hydrogen-bond acceptors (Lipinski definition) is 2. The number of anilines is 1. The predicted molar refractivity (Wildman–Crippen MR) is 63.1 cm³/mol. The Bertz CT molecular complexity index is 568. The van der Waals surface area contributed by atoms with Crippen LogP contribution in [0.3, 0.4) is 0 Å². The van der Waals surface area contributed by atoms with Crippen molar-refractivity contribution in [1.29, 1.82) is 0 Å². The van der Waals surface area contributed by atoms with Gasteiger partial charge in [0.05, 0.1) is 16.8 Å². The van der Waals surface area contributed by atoms with E-state index in [0.29, 0.717) is 5.69 Å². The SMILES string of the molecule is O=C(Nc1ccc(F)c(Cl)c1)c1ccoc1Cl. The smallest absolute Gasteiger partial charge is 0.260 e. The van der Waals surface area contributed by atoms with Gasteiger partial charge in [0.2, 0.25) is 5.22 Å². The Balaban J connectivity index is 2.19. The van der Waals surface area contributed by atoms with Crippen LogP contribution in [0.5, 0.6) is 0 Å². The van der Waals surface area contributed by atoms with E-state index in [1.807, 2.05) is 0 Å². The molecule has 0 saturated heterocycles. The third kappa shape index (κ3) is 2.60. The third-order valence-electron chi connectivity index (χ3n) is 2.04. The zero-order chi connectivity index (χ0) is 12.4. The minimum Gasteiger partial charge on any atom is -0.452 e. The number of carbonyl (C=O) groups excluding carboxylic acids is 1. The highest BCUT2D eigenvalue weighted by atomic mass is 35.5. The van der Waals surface area contributed by atoms with Gasteiger partial charge in [-0.15, -0.1) is 0 Å². The number of benzene rings is 1. The first-order chi connectivity index (χ1) is 8.08. The molecule has 0 aliphatic heterocycles. The molecule has 1 aromatic carbocycles. The normalized spacial score (nSPS) is 10.3. The molecule has 2 aromatic rings. The Kier molecular flexibility index (Phi) is 3.36. The highest BCUT2D eigenvalue weighted by Gasteiger charge is 2.13. The topological polar surface area (TPSA) is 42.2 Å². The quantitative estimate of drug-likeness (QED) is 0.900. The number of nitrogens with one attached hydrogen (secondary N) is 1. The molecule has 0 unspecified atom stereocenters. The van der Waals surface area contributed by atoms with E-state index >= 15 is 0 Å². The summed E-state index contributed by atoms with van der Waals surface area (Å²) >= 11 is 11.2. The maximum absolute atomic E-state index is 12.9. The summed E-state index contributed by atoms with van der Waals surface area (Å²) in [4.78, 5) is 11.7. The van der Waals surface area contributed by atoms with Crippen LogP contribution >= 0.6 is 23.2 Å². The minimum absolute atomic E-state index is 0.00397. The third-order valence-corrected chi connectivity index (χ3v) is 2.62. The number of carbonyl (C=O) groups is 1. The second kappa shape index (κ2) is 4.77. The van der Waals surface area contributed by atoms with Gasteiger partial charge in [-0.25, -0.2) is 4.39 Å². The van der Waals surface area contributed by atoms with Gasteiger partial charge in [0.1, 0.15) is 5.82 Å². The monoisotopic (exact) mass is 273 g/mol. The predicted octanol–water partition coefficient (Wildman–Crippen LogP) is 3.98. The molecule has 2 rings (SSSR count). The van der Waals surface area contributed by atoms with Crippen LogP contribution in [-0.2, 0) is 0 Å². The maximum atomic E-state index is 12.9. The zero-order valence-corrected chi connectivity index (χ0v) is 9.85. The van der Waals surface area contributed by atoms with E-state index in [1.54, 1.807) is 0 Å². The molecular formula is C11H6Cl2FNO2. The summed E-state index contributed by atoms with van der Waals surface area (Å²) in [5, 5.41) is 2.45. The first-order valence-electron chi connectivity index (χ1n) is 4.57. The fourth-order valence-corrected chi connectivity index (χ4v) is 1.61. The molecular weight excluding hydrogens is 268 g/mol. The molecule has 0 saturated carbocycles. The van der Waals surface area contributed by atoms with Gasteiger partial charge in [0.25, 0.3) is 5.91 Å². The van der Waals surface area contributed by atoms with Crippen LogP contribution < -0.4 is 5.32 Å². The van der Waals surface area contributed by atoms with E-state index in [-0.39, 0.29) is 15.8 Å². The Hall–Kier alpha value is -1.52. The van der Waals surface area contributed by atoms with Gasteiger partial charge in [-0.05, 0) is 35.9 Å². The summed E-state index contributed by atoms with van der Waals surface area (Å²) in [5.74, 6) is -1.00. The summed E-state index contributed by atoms with van der Waals surface area (Å²) in [7, 11) is 0. The average Bonchev–Trinajstić information content (AvgIpc) is 2.70. The molecule has 0 aliphatic rings. The Morgan fingerprint density at radius 2 is 2.06 bits per heavy atom. The first-order valence-corrected chi connectivity index (χ1v) is 5.33. The molecule has 3 nitrogen and oxygen atoms in total. The molecule has 0 aliphatic carbocycles. The number of hydrogen-bond donors (Lipinski definition) is 1. The molecule has 1 N–H and O–H groups in total. The number of rotatable bonds is 2. The average molecular weight is 274 g/mol. The van der Waals surface area contributed by atoms with Crippen molar-refractivity contribution in [2.45, 2.75) is 0 Å². The van der Waals surface area contributed by atoms with Gasteiger partial charge in [-0.3, -0.25) is 4.79 Å². The Morgan fingerprint density at radius 1 is 1.29 bits per heavy atom. The van der Waals surface area contributed by atoms with Gasteiger partial charge < -0.3 is 9.73 Å². The van der Waals surface area contributed by atoms with E-state index < -0.39 is 11.7 Å². The highest BCUT2D eigenvalue weighted by molar-refractivity contribution is 6.33. The fourth-order valence-electron chi connectivity index (χ4n) is 1.23. The molecule has 0 spiro atoms. The summed E-state index contributed by atoms with van der Waals surface area (Å²) in [6.45, 7) is 0. The first kappa shape index (κ1) is 12.0. The van der Waals surface area contributed by atoms with E-state index in [2.05, 4.69) is 5.32 Å². The largest absolute Gasteiger partial charge is 0.452 e. The molecule has 88 valence electrons. The van der Waals surface area contributed by atoms with Crippen LogP contribution in [0.2, 0.25) is 10.2 Å². The minimum atomic E-state index is -0.550. The van der Waals surface area contributed by atoms with E-state index in [4.69, 9.17) is 27.6 Å². The molecule has 1 heterocycles. The molecule has 1 amide bonds. The maximum Gasteiger partial charge on any atom is 0.260 e. The van der Waals surface area contributed by atoms with Gasteiger partial charge in [-0.2, -0.15) is 0 Å². The summed E-state index contributed by atoms with van der Waals surface area (Å²) < 4.78 is 17.7. The summed E-state index contributed by atoms with van der Waals surface area (Å²) in [5.41, 5.74) is 0.575. The molecule has 6 heteroatoms. The molecule has 1 aromatic heterocycles. The second-order valence-corrected chi connectivity index (χ2v) is 3.94. The van der Waals surface area contributed by atoms with Crippen molar-refractivity contribution >= 4 is 34.8 Å². The molecule has 0 atom stereocenters. The molecule has 17 heavy (non-hydrogen) atoms. The summed E-state index contributed by atoms with van der Waals surface area (Å²) in [6, 6.07) is 5.30. The van der Waals surface area contributed by atoms with Crippen molar-refractivity contribution in [3.63, 3.8) is 0 Å².